The molecule has 6 heteroatoms. The Kier molecular flexibility index (Phi) is 4.34. The smallest absolute Gasteiger partial charge is 0.416 e. The molecule has 0 aliphatic heterocycles. The molecule has 17 heavy (non-hydrogen) atoms. The molecule has 1 aromatic carbocycles. The van der Waals surface area contributed by atoms with E-state index in [-0.39, 0.29) is 17.7 Å². The van der Waals surface area contributed by atoms with Gasteiger partial charge in [-0.2, -0.15) is 13.2 Å². The van der Waals surface area contributed by atoms with Gasteiger partial charge in [-0.1, -0.05) is 6.07 Å². The fourth-order valence-electron chi connectivity index (χ4n) is 1.50. The van der Waals surface area contributed by atoms with E-state index in [0.29, 0.717) is 0 Å². The SMILES string of the molecule is COc1ccc([C@@H](N)CCF)c(C(F)(F)F)c1. The lowest BCUT2D eigenvalue weighted by Gasteiger charge is -2.18. The van der Waals surface area contributed by atoms with E-state index in [1.165, 1.54) is 19.2 Å². The monoisotopic (exact) mass is 251 g/mol. The van der Waals surface area contributed by atoms with E-state index in [9.17, 15) is 17.6 Å². The summed E-state index contributed by atoms with van der Waals surface area (Å²) in [6.45, 7) is -0.759. The lowest BCUT2D eigenvalue weighted by atomic mass is 9.98. The maximum absolute atomic E-state index is 12.8. The van der Waals surface area contributed by atoms with Gasteiger partial charge in [-0.3, -0.25) is 4.39 Å². The summed E-state index contributed by atoms with van der Waals surface area (Å²) in [5.41, 5.74) is 4.52. The summed E-state index contributed by atoms with van der Waals surface area (Å²) in [5, 5.41) is 0. The Hall–Kier alpha value is -1.30. The average molecular weight is 251 g/mol. The molecule has 0 radical (unpaired) electrons. The second kappa shape index (κ2) is 5.35. The zero-order valence-corrected chi connectivity index (χ0v) is 9.22. The van der Waals surface area contributed by atoms with Crippen molar-refractivity contribution in [1.82, 2.24) is 0 Å². The van der Waals surface area contributed by atoms with Crippen LogP contribution in [0.1, 0.15) is 23.6 Å². The first-order chi connectivity index (χ1) is 7.90. The molecule has 1 aromatic rings. The second-order valence-electron chi connectivity index (χ2n) is 3.54. The van der Waals surface area contributed by atoms with Crippen LogP contribution in [0, 0.1) is 0 Å². The van der Waals surface area contributed by atoms with Gasteiger partial charge in [-0.25, -0.2) is 0 Å². The number of halogens is 4. The van der Waals surface area contributed by atoms with Crippen LogP contribution in [0.25, 0.3) is 0 Å². The molecule has 96 valence electrons. The van der Waals surface area contributed by atoms with E-state index in [1.807, 2.05) is 0 Å². The molecule has 0 unspecified atom stereocenters. The van der Waals surface area contributed by atoms with Crippen LogP contribution in [-0.2, 0) is 6.18 Å². The average Bonchev–Trinajstić information content (AvgIpc) is 2.27. The number of nitrogens with two attached hydrogens (primary N) is 1. The molecule has 0 heterocycles. The largest absolute Gasteiger partial charge is 0.497 e. The molecule has 0 aliphatic rings. The molecule has 2 N–H and O–H groups in total. The zero-order valence-electron chi connectivity index (χ0n) is 9.22. The van der Waals surface area contributed by atoms with E-state index in [4.69, 9.17) is 10.5 Å². The van der Waals surface area contributed by atoms with Crippen LogP contribution in [0.3, 0.4) is 0 Å². The van der Waals surface area contributed by atoms with Crippen molar-refractivity contribution in [2.45, 2.75) is 18.6 Å². The highest BCUT2D eigenvalue weighted by Gasteiger charge is 2.35. The molecule has 0 aliphatic carbocycles. The predicted molar refractivity (Wildman–Crippen MR) is 55.5 cm³/mol. The Balaban J connectivity index is 3.20. The van der Waals surface area contributed by atoms with Gasteiger partial charge < -0.3 is 10.5 Å². The summed E-state index contributed by atoms with van der Waals surface area (Å²) in [4.78, 5) is 0. The molecular formula is C11H13F4NO. The predicted octanol–water partition coefficient (Wildman–Crippen LogP) is 3.07. The van der Waals surface area contributed by atoms with Crippen molar-refractivity contribution in [3.8, 4) is 5.75 Å². The molecule has 0 saturated carbocycles. The van der Waals surface area contributed by atoms with Gasteiger partial charge in [0.1, 0.15) is 5.75 Å². The van der Waals surface area contributed by atoms with E-state index in [2.05, 4.69) is 0 Å². The molecule has 1 rings (SSSR count). The van der Waals surface area contributed by atoms with Crippen molar-refractivity contribution in [3.05, 3.63) is 29.3 Å². The first-order valence-electron chi connectivity index (χ1n) is 4.96. The van der Waals surface area contributed by atoms with Crippen molar-refractivity contribution < 1.29 is 22.3 Å². The minimum absolute atomic E-state index is 0.0912. The topological polar surface area (TPSA) is 35.2 Å². The molecule has 0 aromatic heterocycles. The van der Waals surface area contributed by atoms with Gasteiger partial charge in [0.25, 0.3) is 0 Å². The van der Waals surface area contributed by atoms with Crippen LogP contribution in [0.4, 0.5) is 17.6 Å². The van der Waals surface area contributed by atoms with Gasteiger partial charge in [0.15, 0.2) is 0 Å². The van der Waals surface area contributed by atoms with Crippen molar-refractivity contribution in [2.24, 2.45) is 5.73 Å². The van der Waals surface area contributed by atoms with Gasteiger partial charge in [0.2, 0.25) is 0 Å². The number of rotatable bonds is 4. The highest BCUT2D eigenvalue weighted by atomic mass is 19.4. The Morgan fingerprint density at radius 3 is 2.47 bits per heavy atom. The highest BCUT2D eigenvalue weighted by Crippen LogP contribution is 2.36. The summed E-state index contributed by atoms with van der Waals surface area (Å²) in [5.74, 6) is 0.0912. The maximum atomic E-state index is 12.8. The Morgan fingerprint density at radius 2 is 2.00 bits per heavy atom. The van der Waals surface area contributed by atoms with E-state index < -0.39 is 24.5 Å². The third kappa shape index (κ3) is 3.33. The van der Waals surface area contributed by atoms with Crippen molar-refractivity contribution >= 4 is 0 Å². The molecular weight excluding hydrogens is 238 g/mol. The number of ether oxygens (including phenoxy) is 1. The van der Waals surface area contributed by atoms with E-state index >= 15 is 0 Å². The van der Waals surface area contributed by atoms with Gasteiger partial charge in [0.05, 0.1) is 19.3 Å². The van der Waals surface area contributed by atoms with Crippen LogP contribution in [0.2, 0.25) is 0 Å². The van der Waals surface area contributed by atoms with Crippen molar-refractivity contribution in [2.75, 3.05) is 13.8 Å². The van der Waals surface area contributed by atoms with Crippen LogP contribution in [0.15, 0.2) is 18.2 Å². The Morgan fingerprint density at radius 1 is 1.35 bits per heavy atom. The van der Waals surface area contributed by atoms with Crippen molar-refractivity contribution in [1.29, 1.82) is 0 Å². The second-order valence-corrected chi connectivity index (χ2v) is 3.54. The Labute approximate surface area is 96.4 Å². The number of hydrogen-bond acceptors (Lipinski definition) is 2. The Bertz CT molecular complexity index is 378. The first kappa shape index (κ1) is 13.8. The number of alkyl halides is 4. The van der Waals surface area contributed by atoms with E-state index in [1.54, 1.807) is 0 Å². The van der Waals surface area contributed by atoms with Crippen LogP contribution in [0.5, 0.6) is 5.75 Å². The van der Waals surface area contributed by atoms with Crippen LogP contribution in [-0.4, -0.2) is 13.8 Å². The summed E-state index contributed by atoms with van der Waals surface area (Å²) >= 11 is 0. The fraction of sp³-hybridized carbons (Fsp3) is 0.455. The van der Waals surface area contributed by atoms with Gasteiger partial charge >= 0.3 is 6.18 Å². The van der Waals surface area contributed by atoms with Gasteiger partial charge in [-0.15, -0.1) is 0 Å². The summed E-state index contributed by atoms with van der Waals surface area (Å²) in [6.07, 6.45) is -4.67. The standard InChI is InChI=1S/C11H13F4NO/c1-17-7-2-3-8(10(16)4-5-12)9(6-7)11(13,14)15/h2-3,6,10H,4-5,16H2,1H3/t10-/m0/s1. The van der Waals surface area contributed by atoms with Crippen LogP contribution < -0.4 is 10.5 Å². The summed E-state index contributed by atoms with van der Waals surface area (Å²) < 4.78 is 55.1. The molecule has 0 bridgehead atoms. The normalized spacial score (nSPS) is 13.5. The zero-order chi connectivity index (χ0) is 13.1. The molecule has 2 nitrogen and oxygen atoms in total. The quantitative estimate of drug-likeness (QED) is 0.834. The molecule has 0 fully saturated rings. The summed E-state index contributed by atoms with van der Waals surface area (Å²) in [6, 6.07) is 2.50. The number of methoxy groups -OCH3 is 1. The van der Waals surface area contributed by atoms with Gasteiger partial charge in [0, 0.05) is 6.04 Å². The van der Waals surface area contributed by atoms with Crippen molar-refractivity contribution in [3.63, 3.8) is 0 Å². The third-order valence-corrected chi connectivity index (χ3v) is 2.39. The third-order valence-electron chi connectivity index (χ3n) is 2.39. The van der Waals surface area contributed by atoms with E-state index in [0.717, 1.165) is 6.07 Å². The molecule has 1 atom stereocenters. The molecule has 0 spiro atoms. The highest BCUT2D eigenvalue weighted by molar-refractivity contribution is 5.39. The number of hydrogen-bond donors (Lipinski definition) is 1. The number of benzene rings is 1. The molecule has 0 saturated heterocycles. The summed E-state index contributed by atoms with van der Waals surface area (Å²) in [7, 11) is 1.27. The minimum Gasteiger partial charge on any atom is -0.497 e. The lowest BCUT2D eigenvalue weighted by molar-refractivity contribution is -0.138. The fourth-order valence-corrected chi connectivity index (χ4v) is 1.50. The lowest BCUT2D eigenvalue weighted by Crippen LogP contribution is -2.18. The van der Waals surface area contributed by atoms with Gasteiger partial charge in [-0.05, 0) is 24.1 Å². The van der Waals surface area contributed by atoms with Crippen LogP contribution >= 0.6 is 0 Å². The maximum Gasteiger partial charge on any atom is 0.416 e. The minimum atomic E-state index is -4.53. The molecule has 0 amide bonds. The first-order valence-corrected chi connectivity index (χ1v) is 4.96.